The van der Waals surface area contributed by atoms with E-state index in [0.717, 1.165) is 37.2 Å². The second-order valence-corrected chi connectivity index (χ2v) is 8.01. The molecule has 5 fully saturated rings. The molecule has 1 N–H and O–H groups in total. The van der Waals surface area contributed by atoms with Crippen LogP contribution in [0.5, 0.6) is 0 Å². The lowest BCUT2D eigenvalue weighted by atomic mass is 9.48. The second kappa shape index (κ2) is 4.73. The highest BCUT2D eigenvalue weighted by Crippen LogP contribution is 2.61. The Bertz CT molecular complexity index is 297. The number of aliphatic hydroxyl groups is 1. The maximum Gasteiger partial charge on any atom is 0.0597 e. The first-order valence-electron chi connectivity index (χ1n) is 8.53. The van der Waals surface area contributed by atoms with Crippen molar-refractivity contribution in [3.8, 4) is 0 Å². The molecule has 1 saturated heterocycles. The molecular weight excluding hydrogens is 236 g/mol. The quantitative estimate of drug-likeness (QED) is 0.842. The van der Waals surface area contributed by atoms with Crippen molar-refractivity contribution in [2.24, 2.45) is 23.2 Å². The van der Waals surface area contributed by atoms with E-state index in [-0.39, 0.29) is 6.10 Å². The van der Waals surface area contributed by atoms with Crippen molar-refractivity contribution in [2.75, 3.05) is 6.61 Å². The van der Waals surface area contributed by atoms with E-state index in [4.69, 9.17) is 4.74 Å². The van der Waals surface area contributed by atoms with Crippen molar-refractivity contribution in [3.05, 3.63) is 0 Å². The molecule has 19 heavy (non-hydrogen) atoms. The van der Waals surface area contributed by atoms with Gasteiger partial charge in [0.15, 0.2) is 0 Å². The van der Waals surface area contributed by atoms with Crippen molar-refractivity contribution in [3.63, 3.8) is 0 Å². The minimum atomic E-state index is -0.0508. The van der Waals surface area contributed by atoms with Gasteiger partial charge in [-0.2, -0.15) is 0 Å². The Morgan fingerprint density at radius 2 is 1.68 bits per heavy atom. The molecule has 0 amide bonds. The Hall–Kier alpha value is -0.0800. The Balaban J connectivity index is 1.40. The van der Waals surface area contributed by atoms with Crippen molar-refractivity contribution in [1.82, 2.24) is 0 Å². The summed E-state index contributed by atoms with van der Waals surface area (Å²) in [5, 5.41) is 10.8. The molecule has 2 atom stereocenters. The van der Waals surface area contributed by atoms with Crippen LogP contribution >= 0.6 is 0 Å². The summed E-state index contributed by atoms with van der Waals surface area (Å²) >= 11 is 0. The van der Waals surface area contributed by atoms with Gasteiger partial charge < -0.3 is 9.84 Å². The smallest absolute Gasteiger partial charge is 0.0597 e. The Morgan fingerprint density at radius 3 is 2.21 bits per heavy atom. The maximum absolute atomic E-state index is 10.8. The van der Waals surface area contributed by atoms with Crippen LogP contribution in [0.1, 0.15) is 64.2 Å². The van der Waals surface area contributed by atoms with Gasteiger partial charge in [-0.15, -0.1) is 0 Å². The van der Waals surface area contributed by atoms with E-state index in [1.165, 1.54) is 51.4 Å². The normalized spacial score (nSPS) is 49.7. The fraction of sp³-hybridized carbons (Fsp3) is 1.00. The SMILES string of the molecule is OC(CCC1CCCO1)C12CC3CC(CC(C3)C1)C2. The maximum atomic E-state index is 10.8. The van der Waals surface area contributed by atoms with Gasteiger partial charge in [-0.1, -0.05) is 0 Å². The van der Waals surface area contributed by atoms with Crippen LogP contribution in [-0.2, 0) is 4.74 Å². The fourth-order valence-electron chi connectivity index (χ4n) is 6.11. The van der Waals surface area contributed by atoms with E-state index in [1.54, 1.807) is 0 Å². The number of aliphatic hydroxyl groups excluding tert-OH is 1. The third-order valence-electron chi connectivity index (χ3n) is 6.58. The lowest BCUT2D eigenvalue weighted by Gasteiger charge is -2.58. The minimum Gasteiger partial charge on any atom is -0.393 e. The largest absolute Gasteiger partial charge is 0.393 e. The Kier molecular flexibility index (Phi) is 3.15. The first kappa shape index (κ1) is 12.6. The van der Waals surface area contributed by atoms with Crippen LogP contribution in [0, 0.1) is 23.2 Å². The fourth-order valence-corrected chi connectivity index (χ4v) is 6.11. The molecular formula is C17H28O2. The van der Waals surface area contributed by atoms with Gasteiger partial charge in [0.05, 0.1) is 12.2 Å². The van der Waals surface area contributed by atoms with E-state index in [2.05, 4.69) is 0 Å². The molecule has 4 saturated carbocycles. The van der Waals surface area contributed by atoms with E-state index >= 15 is 0 Å². The molecule has 0 aromatic carbocycles. The van der Waals surface area contributed by atoms with Crippen LogP contribution in [0.25, 0.3) is 0 Å². The average molecular weight is 264 g/mol. The van der Waals surface area contributed by atoms with Gasteiger partial charge in [-0.25, -0.2) is 0 Å². The van der Waals surface area contributed by atoms with Crippen molar-refractivity contribution in [2.45, 2.75) is 76.4 Å². The predicted molar refractivity (Wildman–Crippen MR) is 74.8 cm³/mol. The van der Waals surface area contributed by atoms with Gasteiger partial charge in [0, 0.05) is 6.61 Å². The molecule has 0 aromatic heterocycles. The number of hydrogen-bond donors (Lipinski definition) is 1. The molecule has 2 heteroatoms. The molecule has 0 spiro atoms. The molecule has 0 radical (unpaired) electrons. The summed E-state index contributed by atoms with van der Waals surface area (Å²) in [4.78, 5) is 0. The predicted octanol–water partition coefficient (Wildman–Crippen LogP) is 3.52. The Labute approximate surface area is 116 Å². The van der Waals surface area contributed by atoms with Gasteiger partial charge in [-0.3, -0.25) is 0 Å². The number of hydrogen-bond acceptors (Lipinski definition) is 2. The molecule has 1 aliphatic heterocycles. The van der Waals surface area contributed by atoms with Gasteiger partial charge in [0.1, 0.15) is 0 Å². The highest BCUT2D eigenvalue weighted by molar-refractivity contribution is 5.04. The summed E-state index contributed by atoms with van der Waals surface area (Å²) in [6.07, 6.45) is 13.3. The average Bonchev–Trinajstić information content (AvgIpc) is 2.87. The highest BCUT2D eigenvalue weighted by Gasteiger charge is 2.53. The summed E-state index contributed by atoms with van der Waals surface area (Å²) in [6.45, 7) is 0.943. The summed E-state index contributed by atoms with van der Waals surface area (Å²) in [6, 6.07) is 0. The molecule has 4 bridgehead atoms. The van der Waals surface area contributed by atoms with Crippen molar-refractivity contribution < 1.29 is 9.84 Å². The monoisotopic (exact) mass is 264 g/mol. The molecule has 5 aliphatic rings. The lowest BCUT2D eigenvalue weighted by Crippen LogP contribution is -2.51. The van der Waals surface area contributed by atoms with Crippen LogP contribution < -0.4 is 0 Å². The number of ether oxygens (including phenoxy) is 1. The summed E-state index contributed by atoms with van der Waals surface area (Å²) in [7, 11) is 0. The van der Waals surface area contributed by atoms with Crippen molar-refractivity contribution in [1.29, 1.82) is 0 Å². The van der Waals surface area contributed by atoms with E-state index < -0.39 is 0 Å². The van der Waals surface area contributed by atoms with Crippen molar-refractivity contribution >= 4 is 0 Å². The van der Waals surface area contributed by atoms with Gasteiger partial charge in [-0.05, 0) is 87.4 Å². The molecule has 4 aliphatic carbocycles. The summed E-state index contributed by atoms with van der Waals surface area (Å²) in [5.74, 6) is 2.84. The van der Waals surface area contributed by atoms with Gasteiger partial charge >= 0.3 is 0 Å². The lowest BCUT2D eigenvalue weighted by molar-refractivity contribution is -0.124. The van der Waals surface area contributed by atoms with Crippen LogP contribution in [0.3, 0.4) is 0 Å². The molecule has 2 nitrogen and oxygen atoms in total. The summed E-state index contributed by atoms with van der Waals surface area (Å²) in [5.41, 5.74) is 0.313. The van der Waals surface area contributed by atoms with E-state index in [1.807, 2.05) is 0 Å². The van der Waals surface area contributed by atoms with Crippen LogP contribution in [0.4, 0.5) is 0 Å². The van der Waals surface area contributed by atoms with Crippen LogP contribution in [-0.4, -0.2) is 23.9 Å². The highest BCUT2D eigenvalue weighted by atomic mass is 16.5. The molecule has 108 valence electrons. The molecule has 5 rings (SSSR count). The van der Waals surface area contributed by atoms with E-state index in [9.17, 15) is 5.11 Å². The zero-order valence-corrected chi connectivity index (χ0v) is 12.0. The molecule has 1 heterocycles. The molecule has 2 unspecified atom stereocenters. The zero-order chi connectivity index (χ0) is 12.9. The standard InChI is InChI=1S/C17H28O2/c18-16(4-3-15-2-1-5-19-15)17-9-12-6-13(10-17)8-14(7-12)11-17/h12-16,18H,1-11H2. The Morgan fingerprint density at radius 1 is 1.05 bits per heavy atom. The second-order valence-electron chi connectivity index (χ2n) is 8.01. The van der Waals surface area contributed by atoms with Gasteiger partial charge in [0.25, 0.3) is 0 Å². The van der Waals surface area contributed by atoms with Gasteiger partial charge in [0.2, 0.25) is 0 Å². The van der Waals surface area contributed by atoms with E-state index in [0.29, 0.717) is 11.5 Å². The minimum absolute atomic E-state index is 0.0508. The summed E-state index contributed by atoms with van der Waals surface area (Å²) < 4.78 is 5.71. The topological polar surface area (TPSA) is 29.5 Å². The first-order chi connectivity index (χ1) is 9.23. The van der Waals surface area contributed by atoms with Crippen LogP contribution in [0.15, 0.2) is 0 Å². The third kappa shape index (κ3) is 2.25. The third-order valence-corrected chi connectivity index (χ3v) is 6.58. The first-order valence-corrected chi connectivity index (χ1v) is 8.53. The van der Waals surface area contributed by atoms with Crippen LogP contribution in [0.2, 0.25) is 0 Å². The molecule has 0 aromatic rings. The number of rotatable bonds is 4. The zero-order valence-electron chi connectivity index (χ0n) is 12.0.